The molecule has 0 saturated heterocycles. The zero-order chi connectivity index (χ0) is 8.31. The van der Waals surface area contributed by atoms with Gasteiger partial charge in [-0.1, -0.05) is 0 Å². The molecule has 0 bridgehead atoms. The molecule has 0 aromatic heterocycles. The summed E-state index contributed by atoms with van der Waals surface area (Å²) in [6.45, 7) is 0. The number of hydrogen-bond acceptors (Lipinski definition) is 4. The molecule has 2 unspecified atom stereocenters. The number of rotatable bonds is 3. The fourth-order valence-electron chi connectivity index (χ4n) is 0.270. The third-order valence-corrected chi connectivity index (χ3v) is 0.805. The van der Waals surface area contributed by atoms with E-state index in [2.05, 4.69) is 0 Å². The Morgan fingerprint density at radius 2 is 0.923 bits per heavy atom. The Labute approximate surface area is 141 Å². The minimum Gasteiger partial charge on any atom is -0.479 e. The number of aliphatic carboxylic acids is 2. The predicted octanol–water partition coefficient (Wildman–Crippen LogP) is -3.26. The van der Waals surface area contributed by atoms with Crippen molar-refractivity contribution in [2.24, 2.45) is 0 Å². The zero-order valence-electron chi connectivity index (χ0n) is 7.76. The van der Waals surface area contributed by atoms with Crippen molar-refractivity contribution in [1.82, 2.24) is 0 Å². The van der Waals surface area contributed by atoms with Crippen LogP contribution in [0.5, 0.6) is 0 Å². The summed E-state index contributed by atoms with van der Waals surface area (Å²) in [5.74, 6) is -3.54. The molecule has 61 valence electrons. The summed E-state index contributed by atoms with van der Waals surface area (Å²) < 4.78 is 0. The van der Waals surface area contributed by atoms with Gasteiger partial charge in [0, 0.05) is 88.7 Å². The fourth-order valence-corrected chi connectivity index (χ4v) is 0.270. The van der Waals surface area contributed by atoms with Crippen LogP contribution in [0.2, 0.25) is 0 Å². The largest absolute Gasteiger partial charge is 0.479 e. The van der Waals surface area contributed by atoms with E-state index in [1.54, 1.807) is 0 Å². The van der Waals surface area contributed by atoms with Crippen LogP contribution in [0, 0.1) is 0 Å². The van der Waals surface area contributed by atoms with Crippen molar-refractivity contribution >= 4 is 101 Å². The van der Waals surface area contributed by atoms with Crippen molar-refractivity contribution in [3.8, 4) is 0 Å². The van der Waals surface area contributed by atoms with Gasteiger partial charge in [0.1, 0.15) is 0 Å². The van der Waals surface area contributed by atoms with E-state index in [9.17, 15) is 9.59 Å². The van der Waals surface area contributed by atoms with Gasteiger partial charge < -0.3 is 20.4 Å². The van der Waals surface area contributed by atoms with Crippen molar-refractivity contribution in [3.05, 3.63) is 0 Å². The molecule has 2 atom stereocenters. The number of hydrogen-bond donors (Lipinski definition) is 4. The molecule has 0 aromatic rings. The summed E-state index contributed by atoms with van der Waals surface area (Å²) in [5.41, 5.74) is 0. The maximum Gasteiger partial charge on any atom is 0.335 e. The second-order valence-corrected chi connectivity index (χ2v) is 1.57. The molecule has 0 spiro atoms. The molecule has 0 aliphatic rings. The number of aliphatic hydroxyl groups excluding tert-OH is 2. The average Bonchev–Trinajstić information content (AvgIpc) is 1.84. The quantitative estimate of drug-likeness (QED) is 0.370. The topological polar surface area (TPSA) is 115 Å². The molecule has 4 N–H and O–H groups in total. The van der Waals surface area contributed by atoms with E-state index in [0.717, 1.165) is 0 Å². The van der Waals surface area contributed by atoms with E-state index in [-0.39, 0.29) is 88.7 Å². The summed E-state index contributed by atoms with van der Waals surface area (Å²) in [5, 5.41) is 32.5. The first-order chi connectivity index (χ1) is 4.46. The van der Waals surface area contributed by atoms with Crippen LogP contribution >= 0.6 is 0 Å². The van der Waals surface area contributed by atoms with Crippen LogP contribution in [0.15, 0.2) is 0 Å². The van der Waals surface area contributed by atoms with Gasteiger partial charge in [-0.15, -0.1) is 0 Å². The first kappa shape index (κ1) is 24.2. The van der Waals surface area contributed by atoms with Crippen molar-refractivity contribution in [1.29, 1.82) is 0 Å². The van der Waals surface area contributed by atoms with Crippen molar-refractivity contribution < 1.29 is 30.0 Å². The van der Waals surface area contributed by atoms with Gasteiger partial charge in [0.25, 0.3) is 0 Å². The maximum atomic E-state index is 9.77. The molecule has 0 saturated carbocycles. The van der Waals surface area contributed by atoms with Gasteiger partial charge in [0.05, 0.1) is 0 Å². The molecule has 0 aliphatic heterocycles. The van der Waals surface area contributed by atoms with Crippen molar-refractivity contribution in [2.75, 3.05) is 0 Å². The molecular formula is C4H6Na3O6. The average molecular weight is 219 g/mol. The van der Waals surface area contributed by atoms with E-state index < -0.39 is 24.1 Å². The molecule has 13 heavy (non-hydrogen) atoms. The Hall–Kier alpha value is 1.86. The summed E-state index contributed by atoms with van der Waals surface area (Å²) >= 11 is 0. The summed E-state index contributed by atoms with van der Waals surface area (Å²) in [6.07, 6.45) is -4.53. The van der Waals surface area contributed by atoms with E-state index in [4.69, 9.17) is 20.4 Å². The Kier molecular flexibility index (Phi) is 22.2. The van der Waals surface area contributed by atoms with E-state index in [1.165, 1.54) is 0 Å². The van der Waals surface area contributed by atoms with Crippen LogP contribution in [0.3, 0.4) is 0 Å². The standard InChI is InChI=1S/C4H6O6.3Na/c5-1(3(7)8)2(6)4(9)10;;;/h1-2,5-6H,(H,7,8)(H,9,10);;;. The molecule has 0 amide bonds. The van der Waals surface area contributed by atoms with Gasteiger partial charge >= 0.3 is 11.9 Å². The van der Waals surface area contributed by atoms with Crippen molar-refractivity contribution in [3.63, 3.8) is 0 Å². The van der Waals surface area contributed by atoms with Crippen LogP contribution in [0.4, 0.5) is 0 Å². The summed E-state index contributed by atoms with van der Waals surface area (Å²) in [4.78, 5) is 19.5. The number of aliphatic hydroxyl groups is 2. The second-order valence-electron chi connectivity index (χ2n) is 1.57. The fraction of sp³-hybridized carbons (Fsp3) is 0.500. The second kappa shape index (κ2) is 11.9. The number of carboxylic acids is 2. The zero-order valence-corrected chi connectivity index (χ0v) is 13.8. The summed E-state index contributed by atoms with van der Waals surface area (Å²) in [6, 6.07) is 0. The van der Waals surface area contributed by atoms with Gasteiger partial charge in [-0.05, 0) is 0 Å². The van der Waals surface area contributed by atoms with Crippen LogP contribution in [0.1, 0.15) is 0 Å². The molecule has 0 fully saturated rings. The smallest absolute Gasteiger partial charge is 0.335 e. The van der Waals surface area contributed by atoms with Crippen LogP contribution < -0.4 is 0 Å². The molecule has 9 heteroatoms. The van der Waals surface area contributed by atoms with Gasteiger partial charge in [0.15, 0.2) is 12.2 Å². The normalized spacial score (nSPS) is 12.2. The first-order valence-electron chi connectivity index (χ1n) is 2.28. The Morgan fingerprint density at radius 1 is 0.769 bits per heavy atom. The summed E-state index contributed by atoms with van der Waals surface area (Å²) in [7, 11) is 0. The van der Waals surface area contributed by atoms with Crippen LogP contribution in [-0.4, -0.2) is 133 Å². The molecule has 0 aromatic carbocycles. The molecule has 6 nitrogen and oxygen atoms in total. The first-order valence-corrected chi connectivity index (χ1v) is 2.28. The predicted molar refractivity (Wildman–Crippen MR) is 44.5 cm³/mol. The molecule has 0 aliphatic carbocycles. The number of carbonyl (C=O) groups is 2. The molecule has 3 radical (unpaired) electrons. The Balaban J connectivity index is -0.000000135. The van der Waals surface area contributed by atoms with Crippen LogP contribution in [0.25, 0.3) is 0 Å². The van der Waals surface area contributed by atoms with Gasteiger partial charge in [-0.3, -0.25) is 0 Å². The molecule has 0 rings (SSSR count). The third kappa shape index (κ3) is 10.1. The molecular weight excluding hydrogens is 213 g/mol. The van der Waals surface area contributed by atoms with E-state index in [1.807, 2.05) is 0 Å². The van der Waals surface area contributed by atoms with Gasteiger partial charge in [-0.25, -0.2) is 9.59 Å². The minimum absolute atomic E-state index is 0. The monoisotopic (exact) mass is 219 g/mol. The van der Waals surface area contributed by atoms with Crippen molar-refractivity contribution in [2.45, 2.75) is 12.2 Å². The van der Waals surface area contributed by atoms with E-state index in [0.29, 0.717) is 0 Å². The van der Waals surface area contributed by atoms with Crippen LogP contribution in [-0.2, 0) is 9.59 Å². The number of carboxylic acid groups (broad SMARTS) is 2. The maximum absolute atomic E-state index is 9.77. The van der Waals surface area contributed by atoms with E-state index >= 15 is 0 Å². The van der Waals surface area contributed by atoms with Gasteiger partial charge in [-0.2, -0.15) is 0 Å². The molecule has 0 heterocycles. The van der Waals surface area contributed by atoms with Gasteiger partial charge in [0.2, 0.25) is 0 Å². The SMILES string of the molecule is O=C(O)C(O)C(O)C(=O)O.[Na].[Na].[Na]. The Morgan fingerprint density at radius 3 is 1.00 bits per heavy atom. The Bertz CT molecular complexity index is 144. The third-order valence-electron chi connectivity index (χ3n) is 0.805. The minimum atomic E-state index is -2.27.